The number of para-hydroxylation sites is 1. The fourth-order valence-corrected chi connectivity index (χ4v) is 3.09. The summed E-state index contributed by atoms with van der Waals surface area (Å²) in [5.74, 6) is 1.45. The van der Waals surface area contributed by atoms with Gasteiger partial charge in [-0.25, -0.2) is 0 Å². The summed E-state index contributed by atoms with van der Waals surface area (Å²) in [5, 5.41) is 4.09. The Balaban J connectivity index is 1.61. The van der Waals surface area contributed by atoms with Crippen LogP contribution >= 0.6 is 0 Å². The molecule has 0 spiro atoms. The Labute approximate surface area is 164 Å². The van der Waals surface area contributed by atoms with E-state index in [1.807, 2.05) is 24.4 Å². The number of aromatic amines is 1. The van der Waals surface area contributed by atoms with Gasteiger partial charge in [-0.3, -0.25) is 4.79 Å². The molecule has 0 saturated carbocycles. The number of nitrogens with one attached hydrogen (secondary N) is 2. The first kappa shape index (κ1) is 19.4. The van der Waals surface area contributed by atoms with Gasteiger partial charge in [0.1, 0.15) is 0 Å². The van der Waals surface area contributed by atoms with Gasteiger partial charge >= 0.3 is 0 Å². The number of ether oxygens (including phenoxy) is 3. The molecule has 3 rings (SSSR count). The van der Waals surface area contributed by atoms with Crippen molar-refractivity contribution in [3.63, 3.8) is 0 Å². The van der Waals surface area contributed by atoms with Crippen molar-refractivity contribution in [2.75, 3.05) is 27.9 Å². The zero-order chi connectivity index (χ0) is 19.9. The van der Waals surface area contributed by atoms with Crippen LogP contribution < -0.4 is 19.5 Å². The Bertz CT molecular complexity index is 966. The van der Waals surface area contributed by atoms with Crippen molar-refractivity contribution >= 4 is 22.9 Å². The molecule has 3 aromatic rings. The predicted molar refractivity (Wildman–Crippen MR) is 110 cm³/mol. The van der Waals surface area contributed by atoms with E-state index < -0.39 is 0 Å². The maximum atomic E-state index is 12.1. The second kappa shape index (κ2) is 8.99. The number of rotatable bonds is 8. The molecule has 1 amide bonds. The Morgan fingerprint density at radius 1 is 1.07 bits per heavy atom. The molecule has 0 aliphatic heterocycles. The van der Waals surface area contributed by atoms with Gasteiger partial charge in [0.05, 0.1) is 21.3 Å². The SMILES string of the molecule is COc1cc(/C=C/C(=O)NCCc2c[nH]c3ccccc23)cc(OC)c1OC. The van der Waals surface area contributed by atoms with Gasteiger partial charge in [0, 0.05) is 29.7 Å². The lowest BCUT2D eigenvalue weighted by atomic mass is 10.1. The second-order valence-electron chi connectivity index (χ2n) is 6.19. The molecule has 0 bridgehead atoms. The van der Waals surface area contributed by atoms with Gasteiger partial charge in [-0.15, -0.1) is 0 Å². The maximum Gasteiger partial charge on any atom is 0.244 e. The highest BCUT2D eigenvalue weighted by Crippen LogP contribution is 2.38. The van der Waals surface area contributed by atoms with Crippen LogP contribution in [0.1, 0.15) is 11.1 Å². The molecule has 2 N–H and O–H groups in total. The topological polar surface area (TPSA) is 72.6 Å². The lowest BCUT2D eigenvalue weighted by Crippen LogP contribution is -2.23. The molecule has 6 heteroatoms. The Hall–Kier alpha value is -3.41. The van der Waals surface area contributed by atoms with Crippen LogP contribution in [0.3, 0.4) is 0 Å². The van der Waals surface area contributed by atoms with E-state index in [2.05, 4.69) is 16.4 Å². The van der Waals surface area contributed by atoms with E-state index in [4.69, 9.17) is 14.2 Å². The van der Waals surface area contributed by atoms with Crippen LogP contribution in [0, 0.1) is 0 Å². The van der Waals surface area contributed by atoms with Crippen LogP contribution in [0.25, 0.3) is 17.0 Å². The van der Waals surface area contributed by atoms with Crippen LogP contribution in [-0.4, -0.2) is 38.8 Å². The van der Waals surface area contributed by atoms with Crippen LogP contribution in [0.15, 0.2) is 48.7 Å². The molecule has 1 aromatic heterocycles. The quantitative estimate of drug-likeness (QED) is 0.586. The molecule has 1 heterocycles. The molecule has 0 radical (unpaired) electrons. The fraction of sp³-hybridized carbons (Fsp3) is 0.227. The van der Waals surface area contributed by atoms with Crippen molar-refractivity contribution in [2.24, 2.45) is 0 Å². The number of fused-ring (bicyclic) bond motifs is 1. The molecular formula is C22H24N2O4. The van der Waals surface area contributed by atoms with E-state index in [-0.39, 0.29) is 5.91 Å². The minimum atomic E-state index is -0.159. The smallest absolute Gasteiger partial charge is 0.244 e. The van der Waals surface area contributed by atoms with E-state index >= 15 is 0 Å². The molecular weight excluding hydrogens is 356 g/mol. The lowest BCUT2D eigenvalue weighted by molar-refractivity contribution is -0.116. The second-order valence-corrected chi connectivity index (χ2v) is 6.19. The van der Waals surface area contributed by atoms with Crippen LogP contribution in [0.4, 0.5) is 0 Å². The van der Waals surface area contributed by atoms with Crippen molar-refractivity contribution in [3.8, 4) is 17.2 Å². The molecule has 0 saturated heterocycles. The molecule has 146 valence electrons. The number of amides is 1. The average molecular weight is 380 g/mol. The standard InChI is InChI=1S/C22H24N2O4/c1-26-19-12-15(13-20(27-2)22(19)28-3)8-9-21(25)23-11-10-16-14-24-18-7-5-4-6-17(16)18/h4-9,12-14,24H,10-11H2,1-3H3,(H,23,25)/b9-8+. The summed E-state index contributed by atoms with van der Waals surface area (Å²) in [6, 6.07) is 11.7. The van der Waals surface area contributed by atoms with E-state index in [1.54, 1.807) is 39.5 Å². The number of H-pyrrole nitrogens is 1. The van der Waals surface area contributed by atoms with Crippen LogP contribution in [0.2, 0.25) is 0 Å². The number of hydrogen-bond acceptors (Lipinski definition) is 4. The summed E-state index contributed by atoms with van der Waals surface area (Å²) in [6.45, 7) is 0.556. The van der Waals surface area contributed by atoms with Crippen molar-refractivity contribution < 1.29 is 19.0 Å². The molecule has 0 aliphatic carbocycles. The monoisotopic (exact) mass is 380 g/mol. The maximum absolute atomic E-state index is 12.1. The fourth-order valence-electron chi connectivity index (χ4n) is 3.09. The summed E-state index contributed by atoms with van der Waals surface area (Å²) < 4.78 is 16.0. The van der Waals surface area contributed by atoms with Crippen LogP contribution in [0.5, 0.6) is 17.2 Å². The van der Waals surface area contributed by atoms with Gasteiger partial charge in [-0.1, -0.05) is 18.2 Å². The molecule has 0 atom stereocenters. The third kappa shape index (κ3) is 4.28. The third-order valence-corrected chi connectivity index (χ3v) is 4.48. The number of hydrogen-bond donors (Lipinski definition) is 2. The van der Waals surface area contributed by atoms with Gasteiger partial charge in [0.2, 0.25) is 11.7 Å². The van der Waals surface area contributed by atoms with Crippen molar-refractivity contribution in [2.45, 2.75) is 6.42 Å². The summed E-state index contributed by atoms with van der Waals surface area (Å²) in [4.78, 5) is 15.4. The first-order valence-electron chi connectivity index (χ1n) is 8.97. The molecule has 0 fully saturated rings. The number of benzene rings is 2. The summed E-state index contributed by atoms with van der Waals surface area (Å²) in [5.41, 5.74) is 3.07. The Morgan fingerprint density at radius 2 is 1.79 bits per heavy atom. The summed E-state index contributed by atoms with van der Waals surface area (Å²) in [6.07, 6.45) is 5.96. The summed E-state index contributed by atoms with van der Waals surface area (Å²) in [7, 11) is 4.67. The van der Waals surface area contributed by atoms with Gasteiger partial charge in [-0.05, 0) is 41.8 Å². The van der Waals surface area contributed by atoms with E-state index in [9.17, 15) is 4.79 Å². The van der Waals surface area contributed by atoms with Crippen molar-refractivity contribution in [1.29, 1.82) is 0 Å². The molecule has 2 aromatic carbocycles. The number of aromatic nitrogens is 1. The van der Waals surface area contributed by atoms with E-state index in [0.29, 0.717) is 23.8 Å². The third-order valence-electron chi connectivity index (χ3n) is 4.48. The Morgan fingerprint density at radius 3 is 2.46 bits per heavy atom. The average Bonchev–Trinajstić information content (AvgIpc) is 3.14. The highest BCUT2D eigenvalue weighted by molar-refractivity contribution is 5.92. The van der Waals surface area contributed by atoms with E-state index in [1.165, 1.54) is 17.0 Å². The Kier molecular flexibility index (Phi) is 6.22. The zero-order valence-corrected chi connectivity index (χ0v) is 16.2. The van der Waals surface area contributed by atoms with Gasteiger partial charge in [0.25, 0.3) is 0 Å². The van der Waals surface area contributed by atoms with Gasteiger partial charge in [0.15, 0.2) is 11.5 Å². The van der Waals surface area contributed by atoms with Gasteiger partial charge < -0.3 is 24.5 Å². The minimum Gasteiger partial charge on any atom is -0.493 e. The molecule has 0 unspecified atom stereocenters. The van der Waals surface area contributed by atoms with Crippen molar-refractivity contribution in [1.82, 2.24) is 10.3 Å². The highest BCUT2D eigenvalue weighted by atomic mass is 16.5. The van der Waals surface area contributed by atoms with Crippen LogP contribution in [-0.2, 0) is 11.2 Å². The number of carbonyl (C=O) groups is 1. The summed E-state index contributed by atoms with van der Waals surface area (Å²) >= 11 is 0. The highest BCUT2D eigenvalue weighted by Gasteiger charge is 2.12. The molecule has 6 nitrogen and oxygen atoms in total. The van der Waals surface area contributed by atoms with E-state index in [0.717, 1.165) is 17.5 Å². The number of methoxy groups -OCH3 is 3. The first-order chi connectivity index (χ1) is 13.7. The molecule has 28 heavy (non-hydrogen) atoms. The van der Waals surface area contributed by atoms with Gasteiger partial charge in [-0.2, -0.15) is 0 Å². The minimum absolute atomic E-state index is 0.159. The normalized spacial score (nSPS) is 11.0. The predicted octanol–water partition coefficient (Wildman–Crippen LogP) is 3.57. The molecule has 0 aliphatic rings. The largest absolute Gasteiger partial charge is 0.493 e. The van der Waals surface area contributed by atoms with Crippen molar-refractivity contribution in [3.05, 3.63) is 59.8 Å². The first-order valence-corrected chi connectivity index (χ1v) is 8.97. The lowest BCUT2D eigenvalue weighted by Gasteiger charge is -2.12. The zero-order valence-electron chi connectivity index (χ0n) is 16.2. The number of carbonyl (C=O) groups excluding carboxylic acids is 1.